The predicted molar refractivity (Wildman–Crippen MR) is 87.6 cm³/mol. The Bertz CT molecular complexity index is 500. The van der Waals surface area contributed by atoms with Gasteiger partial charge in [-0.3, -0.25) is 0 Å². The molecule has 0 unspecified atom stereocenters. The van der Waals surface area contributed by atoms with Gasteiger partial charge in [-0.1, -0.05) is 26.0 Å². The second kappa shape index (κ2) is 7.77. The first kappa shape index (κ1) is 17.0. The molecule has 0 radical (unpaired) electrons. The highest BCUT2D eigenvalue weighted by atomic mass is 19.1. The lowest BCUT2D eigenvalue weighted by molar-refractivity contribution is -0.0367. The molecule has 2 rings (SSSR count). The maximum Gasteiger partial charge on any atom is 0.124 e. The number of rotatable bonds is 6. The van der Waals surface area contributed by atoms with E-state index in [1.54, 1.807) is 19.2 Å². The SMILES string of the molecule is C=C1CCC(O[C@@H](CC(C)C)c2cc(F)ccc2OC)CC1. The van der Waals surface area contributed by atoms with Crippen molar-refractivity contribution in [1.82, 2.24) is 0 Å². The van der Waals surface area contributed by atoms with Crippen LogP contribution in [0.25, 0.3) is 0 Å². The van der Waals surface area contributed by atoms with Crippen LogP contribution in [-0.4, -0.2) is 13.2 Å². The van der Waals surface area contributed by atoms with Gasteiger partial charge in [0.25, 0.3) is 0 Å². The quantitative estimate of drug-likeness (QED) is 0.652. The summed E-state index contributed by atoms with van der Waals surface area (Å²) in [7, 11) is 1.62. The Morgan fingerprint density at radius 1 is 1.27 bits per heavy atom. The van der Waals surface area contributed by atoms with Gasteiger partial charge in [-0.2, -0.15) is 0 Å². The molecule has 1 aliphatic carbocycles. The van der Waals surface area contributed by atoms with Gasteiger partial charge in [-0.15, -0.1) is 0 Å². The Hall–Kier alpha value is -1.35. The largest absolute Gasteiger partial charge is 0.496 e. The van der Waals surface area contributed by atoms with Crippen molar-refractivity contribution in [1.29, 1.82) is 0 Å². The second-order valence-corrected chi connectivity index (χ2v) is 6.59. The molecule has 22 heavy (non-hydrogen) atoms. The van der Waals surface area contributed by atoms with Crippen LogP contribution in [0.5, 0.6) is 5.75 Å². The molecule has 3 heteroatoms. The molecule has 2 nitrogen and oxygen atoms in total. The third-order valence-corrected chi connectivity index (χ3v) is 4.22. The fraction of sp³-hybridized carbons (Fsp3) is 0.579. The van der Waals surface area contributed by atoms with Crippen molar-refractivity contribution in [2.45, 2.75) is 58.2 Å². The first-order chi connectivity index (χ1) is 10.5. The molecule has 0 heterocycles. The van der Waals surface area contributed by atoms with Gasteiger partial charge >= 0.3 is 0 Å². The molecule has 0 aromatic heterocycles. The van der Waals surface area contributed by atoms with Crippen LogP contribution in [-0.2, 0) is 4.74 Å². The average Bonchev–Trinajstić information content (AvgIpc) is 2.48. The van der Waals surface area contributed by atoms with Crippen LogP contribution in [0.2, 0.25) is 0 Å². The lowest BCUT2D eigenvalue weighted by Crippen LogP contribution is -2.22. The molecule has 0 N–H and O–H groups in total. The van der Waals surface area contributed by atoms with Crippen molar-refractivity contribution in [3.8, 4) is 5.75 Å². The maximum absolute atomic E-state index is 13.7. The number of methoxy groups -OCH3 is 1. The fourth-order valence-corrected chi connectivity index (χ4v) is 3.01. The van der Waals surface area contributed by atoms with E-state index in [0.717, 1.165) is 37.7 Å². The highest BCUT2D eigenvalue weighted by molar-refractivity contribution is 5.36. The predicted octanol–water partition coefficient (Wildman–Crippen LogP) is 5.44. The molecular weight excluding hydrogens is 279 g/mol. The van der Waals surface area contributed by atoms with Gasteiger partial charge < -0.3 is 9.47 Å². The minimum atomic E-state index is -0.245. The molecule has 122 valence electrons. The van der Waals surface area contributed by atoms with E-state index >= 15 is 0 Å². The zero-order valence-electron chi connectivity index (χ0n) is 13.9. The van der Waals surface area contributed by atoms with Gasteiger partial charge in [0.2, 0.25) is 0 Å². The number of benzene rings is 1. The standard InChI is InChI=1S/C19H27FO2/c1-13(2)11-19(22-16-8-5-14(3)6-9-16)17-12-15(20)7-10-18(17)21-4/h7,10,12-13,16,19H,3,5-6,8-9,11H2,1-2,4H3/t19-/m0/s1. The summed E-state index contributed by atoms with van der Waals surface area (Å²) in [4.78, 5) is 0. The first-order valence-corrected chi connectivity index (χ1v) is 8.15. The molecule has 1 aliphatic rings. The molecule has 1 atom stereocenters. The lowest BCUT2D eigenvalue weighted by Gasteiger charge is -2.30. The fourth-order valence-electron chi connectivity index (χ4n) is 3.01. The molecule has 1 saturated carbocycles. The number of halogens is 1. The van der Waals surface area contributed by atoms with Crippen molar-refractivity contribution in [3.63, 3.8) is 0 Å². The maximum atomic E-state index is 13.7. The van der Waals surface area contributed by atoms with Crippen LogP contribution in [0.1, 0.15) is 57.6 Å². The van der Waals surface area contributed by atoms with E-state index < -0.39 is 0 Å². The normalized spacial score (nSPS) is 17.8. The smallest absolute Gasteiger partial charge is 0.124 e. The zero-order chi connectivity index (χ0) is 16.1. The number of hydrogen-bond acceptors (Lipinski definition) is 2. The number of ether oxygens (including phenoxy) is 2. The minimum Gasteiger partial charge on any atom is -0.496 e. The molecule has 0 aliphatic heterocycles. The molecule has 1 aromatic rings. The van der Waals surface area contributed by atoms with Gasteiger partial charge in [-0.25, -0.2) is 4.39 Å². The van der Waals surface area contributed by atoms with E-state index in [9.17, 15) is 4.39 Å². The van der Waals surface area contributed by atoms with Gasteiger partial charge in [0, 0.05) is 5.56 Å². The molecule has 1 fully saturated rings. The van der Waals surface area contributed by atoms with Gasteiger partial charge in [0.1, 0.15) is 11.6 Å². The van der Waals surface area contributed by atoms with Crippen molar-refractivity contribution >= 4 is 0 Å². The third-order valence-electron chi connectivity index (χ3n) is 4.22. The zero-order valence-corrected chi connectivity index (χ0v) is 13.9. The second-order valence-electron chi connectivity index (χ2n) is 6.59. The van der Waals surface area contributed by atoms with Crippen molar-refractivity contribution < 1.29 is 13.9 Å². The van der Waals surface area contributed by atoms with Crippen LogP contribution in [0.15, 0.2) is 30.4 Å². The van der Waals surface area contributed by atoms with Crippen LogP contribution >= 0.6 is 0 Å². The van der Waals surface area contributed by atoms with E-state index in [1.807, 2.05) is 0 Å². The third kappa shape index (κ3) is 4.57. The van der Waals surface area contributed by atoms with Gasteiger partial charge in [0.15, 0.2) is 0 Å². The Morgan fingerprint density at radius 2 is 1.95 bits per heavy atom. The topological polar surface area (TPSA) is 18.5 Å². The van der Waals surface area contributed by atoms with Crippen LogP contribution in [0.4, 0.5) is 4.39 Å². The van der Waals surface area contributed by atoms with Crippen LogP contribution in [0.3, 0.4) is 0 Å². The Kier molecular flexibility index (Phi) is 6.01. The van der Waals surface area contributed by atoms with E-state index in [2.05, 4.69) is 20.4 Å². The van der Waals surface area contributed by atoms with Crippen molar-refractivity contribution in [2.24, 2.45) is 5.92 Å². The van der Waals surface area contributed by atoms with Crippen LogP contribution < -0.4 is 4.74 Å². The number of hydrogen-bond donors (Lipinski definition) is 0. The molecule has 0 amide bonds. The monoisotopic (exact) mass is 306 g/mol. The van der Waals surface area contributed by atoms with E-state index in [1.165, 1.54) is 11.6 Å². The Balaban J connectivity index is 2.18. The minimum absolute atomic E-state index is 0.123. The molecule has 1 aromatic carbocycles. The van der Waals surface area contributed by atoms with E-state index in [-0.39, 0.29) is 18.0 Å². The summed E-state index contributed by atoms with van der Waals surface area (Å²) in [5.74, 6) is 0.925. The highest BCUT2D eigenvalue weighted by Crippen LogP contribution is 2.36. The van der Waals surface area contributed by atoms with E-state index in [0.29, 0.717) is 11.7 Å². The Morgan fingerprint density at radius 3 is 2.55 bits per heavy atom. The average molecular weight is 306 g/mol. The summed E-state index contributed by atoms with van der Waals surface area (Å²) in [6, 6.07) is 4.66. The summed E-state index contributed by atoms with van der Waals surface area (Å²) in [6.45, 7) is 8.36. The molecule has 0 saturated heterocycles. The van der Waals surface area contributed by atoms with Crippen molar-refractivity contribution in [3.05, 3.63) is 41.7 Å². The highest BCUT2D eigenvalue weighted by Gasteiger charge is 2.25. The van der Waals surface area contributed by atoms with Crippen molar-refractivity contribution in [2.75, 3.05) is 7.11 Å². The lowest BCUT2D eigenvalue weighted by atomic mass is 9.92. The summed E-state index contributed by atoms with van der Waals surface area (Å²) >= 11 is 0. The number of allylic oxidation sites excluding steroid dienone is 1. The van der Waals surface area contributed by atoms with E-state index in [4.69, 9.17) is 9.47 Å². The molecule has 0 bridgehead atoms. The summed E-state index contributed by atoms with van der Waals surface area (Å²) in [6.07, 6.45) is 5.02. The van der Waals surface area contributed by atoms with Gasteiger partial charge in [0.05, 0.1) is 19.3 Å². The van der Waals surface area contributed by atoms with Crippen LogP contribution in [0, 0.1) is 11.7 Å². The first-order valence-electron chi connectivity index (χ1n) is 8.15. The molecular formula is C19H27FO2. The molecule has 0 spiro atoms. The van der Waals surface area contributed by atoms with Gasteiger partial charge in [-0.05, 0) is 56.2 Å². The summed E-state index contributed by atoms with van der Waals surface area (Å²) in [5.41, 5.74) is 2.13. The summed E-state index contributed by atoms with van der Waals surface area (Å²) in [5, 5.41) is 0. The Labute approximate surface area is 133 Å². The summed E-state index contributed by atoms with van der Waals surface area (Å²) < 4.78 is 25.4.